The quantitative estimate of drug-likeness (QED) is 0.792. The molecule has 0 bridgehead atoms. The zero-order chi connectivity index (χ0) is 12.7. The van der Waals surface area contributed by atoms with Crippen molar-refractivity contribution in [3.05, 3.63) is 33.3 Å². The summed E-state index contributed by atoms with van der Waals surface area (Å²) < 4.78 is 1.00. The van der Waals surface area contributed by atoms with Crippen molar-refractivity contribution in [2.24, 2.45) is 0 Å². The molecule has 0 atom stereocenters. The second-order valence-corrected chi connectivity index (χ2v) is 4.94. The highest BCUT2D eigenvalue weighted by molar-refractivity contribution is 9.10. The highest BCUT2D eigenvalue weighted by atomic mass is 79.9. The number of benzene rings is 1. The summed E-state index contributed by atoms with van der Waals surface area (Å²) in [5.41, 5.74) is 1.02. The molecular formula is C12H16BrClN2O. The highest BCUT2D eigenvalue weighted by Crippen LogP contribution is 2.20. The Morgan fingerprint density at radius 1 is 1.47 bits per heavy atom. The number of carbonyl (C=O) groups is 1. The highest BCUT2D eigenvalue weighted by Gasteiger charge is 2.02. The van der Waals surface area contributed by atoms with E-state index in [2.05, 4.69) is 26.6 Å². The van der Waals surface area contributed by atoms with Gasteiger partial charge in [0, 0.05) is 35.6 Å². The van der Waals surface area contributed by atoms with Gasteiger partial charge in [0.15, 0.2) is 0 Å². The van der Waals surface area contributed by atoms with Crippen molar-refractivity contribution in [1.82, 2.24) is 10.6 Å². The van der Waals surface area contributed by atoms with E-state index in [4.69, 9.17) is 11.6 Å². The largest absolute Gasteiger partial charge is 0.356 e. The van der Waals surface area contributed by atoms with Crippen LogP contribution in [0.3, 0.4) is 0 Å². The maximum atomic E-state index is 11.2. The topological polar surface area (TPSA) is 41.1 Å². The van der Waals surface area contributed by atoms with Gasteiger partial charge in [-0.2, -0.15) is 0 Å². The summed E-state index contributed by atoms with van der Waals surface area (Å²) in [6.07, 6.45) is 0.486. The minimum absolute atomic E-state index is 0.0698. The molecule has 0 heterocycles. The van der Waals surface area contributed by atoms with Crippen molar-refractivity contribution in [2.75, 3.05) is 13.1 Å². The molecule has 94 valence electrons. The Hall–Kier alpha value is -0.580. The average Bonchev–Trinajstić information content (AvgIpc) is 2.29. The van der Waals surface area contributed by atoms with Crippen molar-refractivity contribution in [2.45, 2.75) is 19.9 Å². The maximum Gasteiger partial charge on any atom is 0.221 e. The first-order valence-electron chi connectivity index (χ1n) is 5.54. The SMILES string of the molecule is CCNC(=O)CCNCc1cc(Br)ccc1Cl. The van der Waals surface area contributed by atoms with Crippen LogP contribution in [0.4, 0.5) is 0 Å². The van der Waals surface area contributed by atoms with Crippen molar-refractivity contribution in [1.29, 1.82) is 0 Å². The minimum atomic E-state index is 0.0698. The molecule has 1 rings (SSSR count). The average molecular weight is 320 g/mol. The Morgan fingerprint density at radius 3 is 2.94 bits per heavy atom. The van der Waals surface area contributed by atoms with Gasteiger partial charge in [-0.1, -0.05) is 27.5 Å². The van der Waals surface area contributed by atoms with Gasteiger partial charge in [0.25, 0.3) is 0 Å². The molecule has 0 aromatic heterocycles. The van der Waals surface area contributed by atoms with Crippen molar-refractivity contribution in [3.63, 3.8) is 0 Å². The third-order valence-electron chi connectivity index (χ3n) is 2.23. The molecule has 0 saturated heterocycles. The van der Waals surface area contributed by atoms with Crippen LogP contribution in [0, 0.1) is 0 Å². The van der Waals surface area contributed by atoms with Crippen LogP contribution in [0.1, 0.15) is 18.9 Å². The molecule has 1 amide bonds. The fraction of sp³-hybridized carbons (Fsp3) is 0.417. The first-order chi connectivity index (χ1) is 8.13. The fourth-order valence-corrected chi connectivity index (χ4v) is 1.98. The number of hydrogen-bond donors (Lipinski definition) is 2. The monoisotopic (exact) mass is 318 g/mol. The van der Waals surface area contributed by atoms with Gasteiger partial charge < -0.3 is 10.6 Å². The third-order valence-corrected chi connectivity index (χ3v) is 3.09. The number of rotatable bonds is 6. The standard InChI is InChI=1S/C12H16BrClN2O/c1-2-16-12(17)5-6-15-8-9-7-10(13)3-4-11(9)14/h3-4,7,15H,2,5-6,8H2,1H3,(H,16,17). The van der Waals surface area contributed by atoms with Gasteiger partial charge >= 0.3 is 0 Å². The Bertz CT molecular complexity index is 385. The Kier molecular flexibility index (Phi) is 6.55. The molecule has 0 aliphatic rings. The molecule has 17 heavy (non-hydrogen) atoms. The molecular weight excluding hydrogens is 304 g/mol. The molecule has 0 saturated carbocycles. The number of carbonyl (C=O) groups excluding carboxylic acids is 1. The molecule has 5 heteroatoms. The van der Waals surface area contributed by atoms with E-state index in [1.54, 1.807) is 0 Å². The molecule has 2 N–H and O–H groups in total. The number of nitrogens with one attached hydrogen (secondary N) is 2. The van der Waals surface area contributed by atoms with Gasteiger partial charge in [-0.15, -0.1) is 0 Å². The number of hydrogen-bond acceptors (Lipinski definition) is 2. The van der Waals surface area contributed by atoms with E-state index in [0.717, 1.165) is 15.1 Å². The van der Waals surface area contributed by atoms with E-state index >= 15 is 0 Å². The molecule has 0 aliphatic heterocycles. The zero-order valence-corrected chi connectivity index (χ0v) is 12.1. The molecule has 0 spiro atoms. The summed E-state index contributed by atoms with van der Waals surface area (Å²) in [6.45, 7) is 3.90. The Balaban J connectivity index is 2.31. The predicted octanol–water partition coefficient (Wildman–Crippen LogP) is 2.72. The van der Waals surface area contributed by atoms with Crippen molar-refractivity contribution in [3.8, 4) is 0 Å². The van der Waals surface area contributed by atoms with Crippen LogP contribution in [0.5, 0.6) is 0 Å². The van der Waals surface area contributed by atoms with E-state index in [1.165, 1.54) is 0 Å². The lowest BCUT2D eigenvalue weighted by Gasteiger charge is -2.07. The molecule has 0 radical (unpaired) electrons. The zero-order valence-electron chi connectivity index (χ0n) is 9.72. The minimum Gasteiger partial charge on any atom is -0.356 e. The summed E-state index contributed by atoms with van der Waals surface area (Å²) in [5, 5.41) is 6.68. The molecule has 0 unspecified atom stereocenters. The van der Waals surface area contributed by atoms with Crippen molar-refractivity contribution < 1.29 is 4.79 Å². The predicted molar refractivity (Wildman–Crippen MR) is 74.2 cm³/mol. The summed E-state index contributed by atoms with van der Waals surface area (Å²) in [5.74, 6) is 0.0698. The second-order valence-electron chi connectivity index (χ2n) is 3.62. The summed E-state index contributed by atoms with van der Waals surface area (Å²) in [6, 6.07) is 5.73. The third kappa shape index (κ3) is 5.52. The lowest BCUT2D eigenvalue weighted by molar-refractivity contribution is -0.120. The lowest BCUT2D eigenvalue weighted by Crippen LogP contribution is -2.27. The number of halogens is 2. The van der Waals surface area contributed by atoms with Crippen molar-refractivity contribution >= 4 is 33.4 Å². The number of amides is 1. The normalized spacial score (nSPS) is 10.3. The molecule has 1 aromatic carbocycles. The molecule has 0 fully saturated rings. The van der Waals surface area contributed by atoms with Gasteiger partial charge in [-0.3, -0.25) is 4.79 Å². The van der Waals surface area contributed by atoms with Gasteiger partial charge in [0.2, 0.25) is 5.91 Å². The first kappa shape index (κ1) is 14.5. The van der Waals surface area contributed by atoms with Crippen LogP contribution in [0.25, 0.3) is 0 Å². The van der Waals surface area contributed by atoms with Gasteiger partial charge in [-0.25, -0.2) is 0 Å². The smallest absolute Gasteiger partial charge is 0.221 e. The van der Waals surface area contributed by atoms with Gasteiger partial charge in [-0.05, 0) is 30.7 Å². The van der Waals surface area contributed by atoms with Crippen LogP contribution in [-0.2, 0) is 11.3 Å². The summed E-state index contributed by atoms with van der Waals surface area (Å²) in [7, 11) is 0. The van der Waals surface area contributed by atoms with Gasteiger partial charge in [0.1, 0.15) is 0 Å². The Morgan fingerprint density at radius 2 is 2.24 bits per heavy atom. The lowest BCUT2D eigenvalue weighted by atomic mass is 10.2. The molecule has 0 aliphatic carbocycles. The van der Waals surface area contributed by atoms with Crippen LogP contribution >= 0.6 is 27.5 Å². The van der Waals surface area contributed by atoms with E-state index in [0.29, 0.717) is 26.1 Å². The van der Waals surface area contributed by atoms with E-state index in [1.807, 2.05) is 25.1 Å². The van der Waals surface area contributed by atoms with Crippen LogP contribution < -0.4 is 10.6 Å². The van der Waals surface area contributed by atoms with E-state index in [9.17, 15) is 4.79 Å². The summed E-state index contributed by atoms with van der Waals surface area (Å²) in [4.78, 5) is 11.2. The van der Waals surface area contributed by atoms with E-state index in [-0.39, 0.29) is 5.91 Å². The van der Waals surface area contributed by atoms with Crippen LogP contribution in [-0.4, -0.2) is 19.0 Å². The van der Waals surface area contributed by atoms with Crippen LogP contribution in [0.15, 0.2) is 22.7 Å². The first-order valence-corrected chi connectivity index (χ1v) is 6.72. The molecule has 1 aromatic rings. The second kappa shape index (κ2) is 7.69. The summed E-state index contributed by atoms with van der Waals surface area (Å²) >= 11 is 9.45. The molecule has 3 nitrogen and oxygen atoms in total. The van der Waals surface area contributed by atoms with E-state index < -0.39 is 0 Å². The fourth-order valence-electron chi connectivity index (χ4n) is 1.39. The van der Waals surface area contributed by atoms with Gasteiger partial charge in [0.05, 0.1) is 0 Å². The Labute approximate surface area is 115 Å². The van der Waals surface area contributed by atoms with Crippen LogP contribution in [0.2, 0.25) is 5.02 Å². The maximum absolute atomic E-state index is 11.2.